The van der Waals surface area contributed by atoms with Crippen molar-refractivity contribution in [3.05, 3.63) is 59.4 Å². The molecule has 0 spiro atoms. The Morgan fingerprint density at radius 3 is 2.70 bits per heavy atom. The zero-order chi connectivity index (χ0) is 26.4. The first-order valence-corrected chi connectivity index (χ1v) is 12.8. The lowest BCUT2D eigenvalue weighted by atomic mass is 9.87. The molecular formula is C27H36N6O4. The lowest BCUT2D eigenvalue weighted by molar-refractivity contribution is -0.143. The van der Waals surface area contributed by atoms with Gasteiger partial charge in [0.15, 0.2) is 6.35 Å². The standard InChI is InChI=1S/C27H36N6O4/c1-4-21(18-9-6-5-7-10-18)30-27(36)28-16-23-25(31-32-33(23)3)22-13-14-24(17(2)29-22)37-20-12-8-11-19(15-20)26(34)35/h5-7,9-10,13-14,19-21,27-28,30,36H,4,8,11-12,15-16H2,1-3H3,(H,34,35)/t19-,20-,21?,27?/m0/s1. The number of rotatable bonds is 11. The number of carboxylic acids is 1. The van der Waals surface area contributed by atoms with E-state index in [4.69, 9.17) is 9.72 Å². The fourth-order valence-electron chi connectivity index (χ4n) is 4.81. The Morgan fingerprint density at radius 2 is 2.00 bits per heavy atom. The summed E-state index contributed by atoms with van der Waals surface area (Å²) in [6.45, 7) is 4.27. The number of aliphatic hydroxyl groups excluding tert-OH is 1. The van der Waals surface area contributed by atoms with Gasteiger partial charge in [-0.1, -0.05) is 42.5 Å². The van der Waals surface area contributed by atoms with E-state index in [2.05, 4.69) is 27.9 Å². The van der Waals surface area contributed by atoms with E-state index in [9.17, 15) is 15.0 Å². The maximum Gasteiger partial charge on any atom is 0.306 e. The summed E-state index contributed by atoms with van der Waals surface area (Å²) in [6.07, 6.45) is 2.66. The highest BCUT2D eigenvalue weighted by Gasteiger charge is 2.28. The molecule has 2 aromatic heterocycles. The quantitative estimate of drug-likeness (QED) is 0.288. The summed E-state index contributed by atoms with van der Waals surface area (Å²) in [5, 5.41) is 34.7. The van der Waals surface area contributed by atoms with Crippen molar-refractivity contribution in [3.63, 3.8) is 0 Å². The molecule has 1 aliphatic carbocycles. The first-order valence-electron chi connectivity index (χ1n) is 12.8. The molecule has 1 saturated carbocycles. The van der Waals surface area contributed by atoms with Gasteiger partial charge in [0.25, 0.3) is 0 Å². The lowest BCUT2D eigenvalue weighted by Crippen LogP contribution is -2.43. The van der Waals surface area contributed by atoms with Gasteiger partial charge in [-0.2, -0.15) is 0 Å². The first-order chi connectivity index (χ1) is 17.9. The number of nitrogens with one attached hydrogen (secondary N) is 2. The fourth-order valence-corrected chi connectivity index (χ4v) is 4.81. The van der Waals surface area contributed by atoms with Gasteiger partial charge >= 0.3 is 5.97 Å². The Hall–Kier alpha value is -3.34. The largest absolute Gasteiger partial charge is 0.489 e. The number of ether oxygens (including phenoxy) is 1. The second-order valence-electron chi connectivity index (χ2n) is 9.55. The number of aromatic nitrogens is 4. The molecule has 0 amide bonds. The van der Waals surface area contributed by atoms with Crippen LogP contribution in [0.3, 0.4) is 0 Å². The lowest BCUT2D eigenvalue weighted by Gasteiger charge is -2.27. The monoisotopic (exact) mass is 508 g/mol. The highest BCUT2D eigenvalue weighted by Crippen LogP contribution is 2.30. The molecule has 1 aliphatic rings. The molecule has 0 bridgehead atoms. The SMILES string of the molecule is CCC(NC(O)NCc1c(-c2ccc(O[C@H]3CCC[C@H](C(=O)O)C3)c(C)n2)nnn1C)c1ccccc1. The molecule has 37 heavy (non-hydrogen) atoms. The summed E-state index contributed by atoms with van der Waals surface area (Å²) >= 11 is 0. The maximum absolute atomic E-state index is 11.4. The van der Waals surface area contributed by atoms with Crippen molar-refractivity contribution in [1.82, 2.24) is 30.6 Å². The molecule has 0 radical (unpaired) electrons. The number of carboxylic acid groups (broad SMARTS) is 1. The number of aryl methyl sites for hydroxylation is 2. The predicted molar refractivity (Wildman–Crippen MR) is 138 cm³/mol. The van der Waals surface area contributed by atoms with Crippen molar-refractivity contribution in [2.75, 3.05) is 0 Å². The Bertz CT molecular complexity index is 1180. The number of hydrogen-bond donors (Lipinski definition) is 4. The highest BCUT2D eigenvalue weighted by atomic mass is 16.5. The molecule has 2 unspecified atom stereocenters. The van der Waals surface area contributed by atoms with Crippen molar-refractivity contribution >= 4 is 5.97 Å². The van der Waals surface area contributed by atoms with Gasteiger partial charge in [0, 0.05) is 19.6 Å². The van der Waals surface area contributed by atoms with Crippen LogP contribution in [0.5, 0.6) is 5.75 Å². The molecule has 4 N–H and O–H groups in total. The summed E-state index contributed by atoms with van der Waals surface area (Å²) in [7, 11) is 1.80. The van der Waals surface area contributed by atoms with Crippen molar-refractivity contribution in [3.8, 4) is 17.1 Å². The van der Waals surface area contributed by atoms with Gasteiger partial charge in [0.05, 0.1) is 29.1 Å². The van der Waals surface area contributed by atoms with Gasteiger partial charge in [-0.05, 0) is 56.7 Å². The summed E-state index contributed by atoms with van der Waals surface area (Å²) in [5.41, 5.74) is 3.87. The number of pyridine rings is 1. The molecule has 10 nitrogen and oxygen atoms in total. The molecule has 0 aliphatic heterocycles. The molecule has 198 valence electrons. The van der Waals surface area contributed by atoms with Crippen LogP contribution in [0, 0.1) is 12.8 Å². The third kappa shape index (κ3) is 6.71. The fraction of sp³-hybridized carbons (Fsp3) is 0.481. The second kappa shape index (κ2) is 12.3. The van der Waals surface area contributed by atoms with Crippen molar-refractivity contribution in [2.24, 2.45) is 13.0 Å². The van der Waals surface area contributed by atoms with E-state index in [0.717, 1.165) is 30.5 Å². The van der Waals surface area contributed by atoms with Gasteiger partial charge in [0.2, 0.25) is 0 Å². The third-order valence-corrected chi connectivity index (χ3v) is 6.92. The van der Waals surface area contributed by atoms with Crippen molar-refractivity contribution < 1.29 is 19.7 Å². The Morgan fingerprint density at radius 1 is 1.22 bits per heavy atom. The van der Waals surface area contributed by atoms with E-state index in [-0.39, 0.29) is 18.1 Å². The third-order valence-electron chi connectivity index (χ3n) is 6.92. The summed E-state index contributed by atoms with van der Waals surface area (Å²) < 4.78 is 7.80. The van der Waals surface area contributed by atoms with E-state index in [1.165, 1.54) is 0 Å². The predicted octanol–water partition coefficient (Wildman–Crippen LogP) is 3.31. The molecule has 1 fully saturated rings. The Balaban J connectivity index is 1.41. The zero-order valence-electron chi connectivity index (χ0n) is 21.6. The number of aliphatic carboxylic acids is 1. The minimum absolute atomic E-state index is 0.0136. The van der Waals surface area contributed by atoms with E-state index >= 15 is 0 Å². The number of benzene rings is 1. The van der Waals surface area contributed by atoms with Crippen LogP contribution in [0.1, 0.15) is 62.0 Å². The van der Waals surface area contributed by atoms with E-state index in [1.807, 2.05) is 49.4 Å². The van der Waals surface area contributed by atoms with Gasteiger partial charge in [-0.15, -0.1) is 5.10 Å². The summed E-state index contributed by atoms with van der Waals surface area (Å²) in [4.78, 5) is 16.1. The zero-order valence-corrected chi connectivity index (χ0v) is 21.6. The van der Waals surface area contributed by atoms with Crippen molar-refractivity contribution in [1.29, 1.82) is 0 Å². The van der Waals surface area contributed by atoms with E-state index in [1.54, 1.807) is 11.7 Å². The van der Waals surface area contributed by atoms with E-state index < -0.39 is 12.3 Å². The Kier molecular flexibility index (Phi) is 8.86. The topological polar surface area (TPSA) is 134 Å². The van der Waals surface area contributed by atoms with Crippen LogP contribution in [0.25, 0.3) is 11.4 Å². The van der Waals surface area contributed by atoms with Crippen LogP contribution in [0.2, 0.25) is 0 Å². The number of aliphatic hydroxyl groups is 1. The van der Waals surface area contributed by atoms with Crippen LogP contribution in [0.4, 0.5) is 0 Å². The average Bonchev–Trinajstić information content (AvgIpc) is 3.28. The summed E-state index contributed by atoms with van der Waals surface area (Å²) in [6, 6.07) is 13.7. The molecule has 4 atom stereocenters. The number of nitrogens with zero attached hydrogens (tertiary/aromatic N) is 4. The smallest absolute Gasteiger partial charge is 0.306 e. The molecule has 0 saturated heterocycles. The van der Waals surface area contributed by atoms with Crippen LogP contribution < -0.4 is 15.4 Å². The normalized spacial score (nSPS) is 19.4. The molecule has 1 aromatic carbocycles. The number of hydrogen-bond acceptors (Lipinski definition) is 8. The average molecular weight is 509 g/mol. The highest BCUT2D eigenvalue weighted by molar-refractivity contribution is 5.70. The first kappa shape index (κ1) is 26.7. The number of carbonyl (C=O) groups is 1. The van der Waals surface area contributed by atoms with Gasteiger partial charge in [-0.25, -0.2) is 4.98 Å². The van der Waals surface area contributed by atoms with Crippen LogP contribution >= 0.6 is 0 Å². The molecule has 2 heterocycles. The second-order valence-corrected chi connectivity index (χ2v) is 9.55. The minimum atomic E-state index is -0.927. The van der Waals surface area contributed by atoms with Gasteiger partial charge in [0.1, 0.15) is 11.4 Å². The van der Waals surface area contributed by atoms with Crippen LogP contribution in [-0.2, 0) is 18.4 Å². The Labute approximate surface area is 217 Å². The van der Waals surface area contributed by atoms with Gasteiger partial charge in [-0.3, -0.25) is 20.1 Å². The van der Waals surface area contributed by atoms with E-state index in [0.29, 0.717) is 42.2 Å². The molecule has 10 heteroatoms. The molecule has 4 rings (SSSR count). The molecular weight excluding hydrogens is 472 g/mol. The minimum Gasteiger partial charge on any atom is -0.489 e. The van der Waals surface area contributed by atoms with Crippen LogP contribution in [0.15, 0.2) is 42.5 Å². The van der Waals surface area contributed by atoms with Crippen LogP contribution in [-0.4, -0.2) is 48.6 Å². The summed E-state index contributed by atoms with van der Waals surface area (Å²) in [5.74, 6) is -0.464. The molecule has 3 aromatic rings. The maximum atomic E-state index is 11.4. The van der Waals surface area contributed by atoms with Crippen molar-refractivity contribution in [2.45, 2.75) is 71.0 Å². The van der Waals surface area contributed by atoms with Gasteiger partial charge < -0.3 is 14.9 Å².